The van der Waals surface area contributed by atoms with Crippen LogP contribution in [0.25, 0.3) is 11.4 Å². The van der Waals surface area contributed by atoms with E-state index in [1.54, 1.807) is 11.7 Å². The van der Waals surface area contributed by atoms with Crippen LogP contribution in [0.2, 0.25) is 0 Å². The van der Waals surface area contributed by atoms with E-state index < -0.39 is 0 Å². The smallest absolute Gasteiger partial charge is 0.238 e. The van der Waals surface area contributed by atoms with Crippen LogP contribution >= 0.6 is 12.4 Å². The summed E-state index contributed by atoms with van der Waals surface area (Å²) in [7, 11) is 1.73. The Labute approximate surface area is 123 Å². The second kappa shape index (κ2) is 7.56. The van der Waals surface area contributed by atoms with Gasteiger partial charge in [-0.05, 0) is 36.5 Å². The molecule has 0 radical (unpaired) electrons. The molecule has 108 valence electrons. The molecule has 0 fully saturated rings. The first-order chi connectivity index (χ1) is 9.24. The molecule has 0 spiro atoms. The minimum Gasteiger partial charge on any atom is -0.325 e. The average Bonchev–Trinajstić information content (AvgIpc) is 2.87. The van der Waals surface area contributed by atoms with Gasteiger partial charge in [0.2, 0.25) is 5.91 Å². The van der Waals surface area contributed by atoms with E-state index >= 15 is 0 Å². The van der Waals surface area contributed by atoms with Crippen molar-refractivity contribution in [3.8, 4) is 11.4 Å². The molecule has 7 nitrogen and oxygen atoms in total. The van der Waals surface area contributed by atoms with Gasteiger partial charge in [-0.3, -0.25) is 4.79 Å². The molecule has 2 N–H and O–H groups in total. The number of rotatable bonds is 5. The lowest BCUT2D eigenvalue weighted by Crippen LogP contribution is -2.25. The van der Waals surface area contributed by atoms with Crippen LogP contribution in [0.5, 0.6) is 0 Å². The number of tetrazole rings is 1. The van der Waals surface area contributed by atoms with E-state index in [1.807, 2.05) is 31.2 Å². The van der Waals surface area contributed by atoms with Gasteiger partial charge in [0, 0.05) is 17.8 Å². The van der Waals surface area contributed by atoms with Gasteiger partial charge in [-0.25, -0.2) is 4.68 Å². The number of likely N-dealkylation sites (N-methyl/N-ethyl adjacent to an activating group) is 1. The molecule has 1 aromatic heterocycles. The van der Waals surface area contributed by atoms with E-state index in [9.17, 15) is 4.79 Å². The Bertz CT molecular complexity index is 571. The van der Waals surface area contributed by atoms with Crippen LogP contribution in [-0.2, 0) is 11.3 Å². The Kier molecular flexibility index (Phi) is 6.08. The van der Waals surface area contributed by atoms with Crippen LogP contribution in [0.4, 0.5) is 5.69 Å². The number of nitrogens with one attached hydrogen (secondary N) is 2. The Morgan fingerprint density at radius 1 is 1.40 bits per heavy atom. The quantitative estimate of drug-likeness (QED) is 0.858. The number of anilines is 1. The van der Waals surface area contributed by atoms with Gasteiger partial charge in [0.1, 0.15) is 0 Å². The van der Waals surface area contributed by atoms with Gasteiger partial charge in [0.05, 0.1) is 6.54 Å². The maximum absolute atomic E-state index is 11.5. The van der Waals surface area contributed by atoms with E-state index in [1.165, 1.54) is 0 Å². The summed E-state index contributed by atoms with van der Waals surface area (Å²) in [6.07, 6.45) is 0. The summed E-state index contributed by atoms with van der Waals surface area (Å²) in [5, 5.41) is 17.1. The monoisotopic (exact) mass is 296 g/mol. The molecular formula is C12H17ClN6O. The molecule has 20 heavy (non-hydrogen) atoms. The number of nitrogens with zero attached hydrogens (tertiary/aromatic N) is 4. The molecule has 1 aromatic carbocycles. The van der Waals surface area contributed by atoms with Crippen molar-refractivity contribution in [1.82, 2.24) is 25.5 Å². The molecule has 0 aliphatic carbocycles. The molecule has 2 rings (SSSR count). The lowest BCUT2D eigenvalue weighted by atomic mass is 10.2. The molecule has 0 saturated carbocycles. The highest BCUT2D eigenvalue weighted by Crippen LogP contribution is 2.19. The molecule has 0 saturated heterocycles. The minimum absolute atomic E-state index is 0. The highest BCUT2D eigenvalue weighted by atomic mass is 35.5. The molecule has 1 heterocycles. The van der Waals surface area contributed by atoms with Gasteiger partial charge < -0.3 is 10.6 Å². The fourth-order valence-electron chi connectivity index (χ4n) is 1.73. The third-order valence-corrected chi connectivity index (χ3v) is 2.57. The molecular weight excluding hydrogens is 280 g/mol. The first-order valence-electron chi connectivity index (χ1n) is 6.05. The lowest BCUT2D eigenvalue weighted by molar-refractivity contribution is -0.115. The van der Waals surface area contributed by atoms with Crippen LogP contribution in [0, 0.1) is 0 Å². The number of halogens is 1. The topological polar surface area (TPSA) is 84.7 Å². The van der Waals surface area contributed by atoms with Crippen LogP contribution < -0.4 is 10.6 Å². The van der Waals surface area contributed by atoms with Crippen molar-refractivity contribution < 1.29 is 4.79 Å². The molecule has 1 amide bonds. The van der Waals surface area contributed by atoms with E-state index in [0.29, 0.717) is 12.4 Å². The third kappa shape index (κ3) is 3.75. The van der Waals surface area contributed by atoms with Crippen LogP contribution in [0.3, 0.4) is 0 Å². The number of hydrogen-bond donors (Lipinski definition) is 2. The first kappa shape index (κ1) is 16.1. The lowest BCUT2D eigenvalue weighted by Gasteiger charge is -2.07. The summed E-state index contributed by atoms with van der Waals surface area (Å²) >= 11 is 0. The number of amides is 1. The zero-order valence-electron chi connectivity index (χ0n) is 11.3. The van der Waals surface area contributed by atoms with Crippen molar-refractivity contribution in [3.63, 3.8) is 0 Å². The standard InChI is InChI=1S/C12H16N6O.ClH/c1-3-18-12(15-16-17-18)9-5-4-6-10(7-9)14-11(19)8-13-2;/h4-7,13H,3,8H2,1-2H3,(H,14,19);1H. The SMILES string of the molecule is CCn1nnnc1-c1cccc(NC(=O)CNC)c1.Cl. The molecule has 8 heteroatoms. The van der Waals surface area contributed by atoms with E-state index in [4.69, 9.17) is 0 Å². The van der Waals surface area contributed by atoms with Crippen molar-refractivity contribution in [3.05, 3.63) is 24.3 Å². The summed E-state index contributed by atoms with van der Waals surface area (Å²) in [6, 6.07) is 7.45. The summed E-state index contributed by atoms with van der Waals surface area (Å²) in [4.78, 5) is 11.5. The maximum atomic E-state index is 11.5. The zero-order chi connectivity index (χ0) is 13.7. The summed E-state index contributed by atoms with van der Waals surface area (Å²) < 4.78 is 1.70. The second-order valence-corrected chi connectivity index (χ2v) is 3.98. The maximum Gasteiger partial charge on any atom is 0.238 e. The van der Waals surface area contributed by atoms with Gasteiger partial charge in [-0.1, -0.05) is 12.1 Å². The van der Waals surface area contributed by atoms with Gasteiger partial charge >= 0.3 is 0 Å². The van der Waals surface area contributed by atoms with Crippen LogP contribution in [0.1, 0.15) is 6.92 Å². The Morgan fingerprint density at radius 3 is 2.90 bits per heavy atom. The summed E-state index contributed by atoms with van der Waals surface area (Å²) in [5.41, 5.74) is 1.59. The van der Waals surface area contributed by atoms with Crippen molar-refractivity contribution in [2.24, 2.45) is 0 Å². The predicted molar refractivity (Wildman–Crippen MR) is 78.7 cm³/mol. The number of aryl methyl sites for hydroxylation is 1. The molecule has 0 bridgehead atoms. The summed E-state index contributed by atoms with van der Waals surface area (Å²) in [6.45, 7) is 2.94. The van der Waals surface area contributed by atoms with E-state index in [0.717, 1.165) is 11.3 Å². The molecule has 0 unspecified atom stereocenters. The van der Waals surface area contributed by atoms with Gasteiger partial charge in [0.25, 0.3) is 0 Å². The second-order valence-electron chi connectivity index (χ2n) is 3.98. The highest BCUT2D eigenvalue weighted by molar-refractivity contribution is 5.92. The number of carbonyl (C=O) groups excluding carboxylic acids is 1. The molecule has 0 atom stereocenters. The Hall–Kier alpha value is -1.99. The molecule has 2 aromatic rings. The van der Waals surface area contributed by atoms with E-state index in [-0.39, 0.29) is 24.9 Å². The zero-order valence-corrected chi connectivity index (χ0v) is 12.1. The predicted octanol–water partition coefficient (Wildman–Crippen LogP) is 0.940. The van der Waals surface area contributed by atoms with Crippen molar-refractivity contribution >= 4 is 24.0 Å². The molecule has 0 aliphatic rings. The Morgan fingerprint density at radius 2 is 2.20 bits per heavy atom. The van der Waals surface area contributed by atoms with Crippen LogP contribution in [-0.4, -0.2) is 39.7 Å². The van der Waals surface area contributed by atoms with E-state index in [2.05, 4.69) is 26.2 Å². The fraction of sp³-hybridized carbons (Fsp3) is 0.333. The number of carbonyl (C=O) groups is 1. The largest absolute Gasteiger partial charge is 0.325 e. The van der Waals surface area contributed by atoms with Crippen molar-refractivity contribution in [1.29, 1.82) is 0 Å². The van der Waals surface area contributed by atoms with Gasteiger partial charge in [-0.2, -0.15) is 0 Å². The Balaban J connectivity index is 0.00000200. The highest BCUT2D eigenvalue weighted by Gasteiger charge is 2.08. The number of aromatic nitrogens is 4. The van der Waals surface area contributed by atoms with Gasteiger partial charge in [-0.15, -0.1) is 17.5 Å². The summed E-state index contributed by atoms with van der Waals surface area (Å²) in [5.74, 6) is 0.599. The first-order valence-corrected chi connectivity index (χ1v) is 6.05. The fourth-order valence-corrected chi connectivity index (χ4v) is 1.73. The van der Waals surface area contributed by atoms with Gasteiger partial charge in [0.15, 0.2) is 5.82 Å². The van der Waals surface area contributed by atoms with Crippen LogP contribution in [0.15, 0.2) is 24.3 Å². The number of benzene rings is 1. The number of hydrogen-bond acceptors (Lipinski definition) is 5. The molecule has 0 aliphatic heterocycles. The van der Waals surface area contributed by atoms with Crippen molar-refractivity contribution in [2.45, 2.75) is 13.5 Å². The minimum atomic E-state index is -0.0882. The average molecular weight is 297 g/mol. The normalized spacial score (nSPS) is 9.90. The third-order valence-electron chi connectivity index (χ3n) is 2.57. The van der Waals surface area contributed by atoms with Crippen molar-refractivity contribution in [2.75, 3.05) is 18.9 Å².